The van der Waals surface area contributed by atoms with E-state index >= 15 is 0 Å². The van der Waals surface area contributed by atoms with Crippen molar-refractivity contribution in [2.24, 2.45) is 0 Å². The number of nitrogens with zero attached hydrogens (tertiary/aromatic N) is 3. The number of nitrogens with two attached hydrogens (primary N) is 1. The lowest BCUT2D eigenvalue weighted by atomic mass is 10.1. The first-order chi connectivity index (χ1) is 9.22. The summed E-state index contributed by atoms with van der Waals surface area (Å²) in [6.07, 6.45) is 5.54. The molecule has 1 aromatic rings. The molecule has 104 valence electrons. The Morgan fingerprint density at radius 2 is 2.26 bits per heavy atom. The molecule has 2 fully saturated rings. The van der Waals surface area contributed by atoms with Gasteiger partial charge in [0.15, 0.2) is 0 Å². The second-order valence-electron chi connectivity index (χ2n) is 5.97. The minimum atomic E-state index is 0.670. The van der Waals surface area contributed by atoms with Crippen LogP contribution in [0.15, 0.2) is 18.3 Å². The minimum Gasteiger partial charge on any atom is -0.397 e. The Morgan fingerprint density at radius 1 is 1.37 bits per heavy atom. The number of aromatic nitrogens is 1. The average molecular weight is 260 g/mol. The van der Waals surface area contributed by atoms with Gasteiger partial charge in [-0.05, 0) is 38.4 Å². The van der Waals surface area contributed by atoms with Crippen molar-refractivity contribution in [3.63, 3.8) is 0 Å². The normalized spacial score (nSPS) is 28.5. The van der Waals surface area contributed by atoms with Crippen molar-refractivity contribution in [1.82, 2.24) is 14.8 Å². The number of hydrogen-bond donors (Lipinski definition) is 1. The fourth-order valence-corrected chi connectivity index (χ4v) is 3.40. The van der Waals surface area contributed by atoms with Gasteiger partial charge in [-0.25, -0.2) is 0 Å². The highest BCUT2D eigenvalue weighted by molar-refractivity contribution is 5.34. The number of pyridine rings is 1. The second-order valence-corrected chi connectivity index (χ2v) is 5.97. The summed E-state index contributed by atoms with van der Waals surface area (Å²) in [5.41, 5.74) is 7.56. The number of nitrogen functional groups attached to an aromatic ring is 1. The molecule has 3 heterocycles. The van der Waals surface area contributed by atoms with Crippen molar-refractivity contribution < 1.29 is 0 Å². The largest absolute Gasteiger partial charge is 0.397 e. The van der Waals surface area contributed by atoms with Crippen LogP contribution in [0.5, 0.6) is 0 Å². The third kappa shape index (κ3) is 2.90. The Hall–Kier alpha value is -1.13. The molecule has 0 bridgehead atoms. The predicted molar refractivity (Wildman–Crippen MR) is 78.0 cm³/mol. The van der Waals surface area contributed by atoms with Gasteiger partial charge in [0.1, 0.15) is 0 Å². The molecule has 2 saturated heterocycles. The Labute approximate surface area is 115 Å². The number of anilines is 1. The first-order valence-corrected chi connectivity index (χ1v) is 7.41. The highest BCUT2D eigenvalue weighted by atomic mass is 15.3. The van der Waals surface area contributed by atoms with E-state index in [0.29, 0.717) is 6.04 Å². The molecule has 0 amide bonds. The maximum Gasteiger partial charge on any atom is 0.0501 e. The van der Waals surface area contributed by atoms with Crippen LogP contribution in [0.4, 0.5) is 5.69 Å². The van der Waals surface area contributed by atoms with Crippen LogP contribution in [-0.2, 0) is 6.42 Å². The number of fused-ring (bicyclic) bond motifs is 1. The molecule has 2 aliphatic heterocycles. The van der Waals surface area contributed by atoms with Gasteiger partial charge in [0, 0.05) is 43.8 Å². The van der Waals surface area contributed by atoms with E-state index in [9.17, 15) is 0 Å². The van der Waals surface area contributed by atoms with Gasteiger partial charge in [-0.1, -0.05) is 0 Å². The lowest BCUT2D eigenvalue weighted by Gasteiger charge is -2.42. The average Bonchev–Trinajstić information content (AvgIpc) is 2.85. The van der Waals surface area contributed by atoms with Gasteiger partial charge in [-0.3, -0.25) is 14.8 Å². The summed E-state index contributed by atoms with van der Waals surface area (Å²) >= 11 is 0. The van der Waals surface area contributed by atoms with Gasteiger partial charge in [0.25, 0.3) is 0 Å². The second kappa shape index (κ2) is 5.47. The zero-order chi connectivity index (χ0) is 13.2. The van der Waals surface area contributed by atoms with E-state index in [0.717, 1.165) is 30.4 Å². The molecule has 0 spiro atoms. The predicted octanol–water partition coefficient (Wildman–Crippen LogP) is 1.37. The molecule has 0 aliphatic carbocycles. The van der Waals surface area contributed by atoms with Crippen LogP contribution in [0, 0.1) is 0 Å². The summed E-state index contributed by atoms with van der Waals surface area (Å²) in [4.78, 5) is 9.69. The quantitative estimate of drug-likeness (QED) is 0.891. The molecule has 2 aliphatic rings. The molecule has 2 unspecified atom stereocenters. The van der Waals surface area contributed by atoms with Crippen LogP contribution in [0.2, 0.25) is 0 Å². The summed E-state index contributed by atoms with van der Waals surface area (Å²) in [7, 11) is 0. The summed E-state index contributed by atoms with van der Waals surface area (Å²) in [6, 6.07) is 5.46. The molecule has 0 saturated carbocycles. The summed E-state index contributed by atoms with van der Waals surface area (Å²) < 4.78 is 0. The lowest BCUT2D eigenvalue weighted by Crippen LogP contribution is -2.55. The molecule has 4 nitrogen and oxygen atoms in total. The van der Waals surface area contributed by atoms with E-state index in [1.54, 1.807) is 6.20 Å². The van der Waals surface area contributed by atoms with Crippen LogP contribution in [0.3, 0.4) is 0 Å². The van der Waals surface area contributed by atoms with E-state index in [4.69, 9.17) is 5.73 Å². The fourth-order valence-electron chi connectivity index (χ4n) is 3.40. The molecular formula is C15H24N4. The Balaban J connectivity index is 1.55. The fraction of sp³-hybridized carbons (Fsp3) is 0.667. The Kier molecular flexibility index (Phi) is 3.71. The molecule has 1 aromatic heterocycles. The number of piperazine rings is 1. The van der Waals surface area contributed by atoms with Gasteiger partial charge >= 0.3 is 0 Å². The molecular weight excluding hydrogens is 236 g/mol. The number of hydrogen-bond acceptors (Lipinski definition) is 4. The molecule has 0 radical (unpaired) electrons. The molecule has 2 N–H and O–H groups in total. The lowest BCUT2D eigenvalue weighted by molar-refractivity contribution is 0.0603. The van der Waals surface area contributed by atoms with Crippen molar-refractivity contribution in [1.29, 1.82) is 0 Å². The third-order valence-electron chi connectivity index (χ3n) is 4.57. The van der Waals surface area contributed by atoms with Crippen LogP contribution in [0.25, 0.3) is 0 Å². The highest BCUT2D eigenvalue weighted by Gasteiger charge is 2.33. The van der Waals surface area contributed by atoms with E-state index in [2.05, 4.69) is 21.7 Å². The van der Waals surface area contributed by atoms with Crippen molar-refractivity contribution in [3.8, 4) is 0 Å². The van der Waals surface area contributed by atoms with Gasteiger partial charge in [-0.2, -0.15) is 0 Å². The van der Waals surface area contributed by atoms with E-state index in [1.165, 1.54) is 32.5 Å². The van der Waals surface area contributed by atoms with Crippen LogP contribution >= 0.6 is 0 Å². The van der Waals surface area contributed by atoms with Crippen molar-refractivity contribution in [2.75, 3.05) is 31.9 Å². The topological polar surface area (TPSA) is 45.4 Å². The van der Waals surface area contributed by atoms with E-state index < -0.39 is 0 Å². The summed E-state index contributed by atoms with van der Waals surface area (Å²) in [5, 5.41) is 0. The third-order valence-corrected chi connectivity index (χ3v) is 4.57. The van der Waals surface area contributed by atoms with Crippen molar-refractivity contribution in [3.05, 3.63) is 24.0 Å². The zero-order valence-electron chi connectivity index (χ0n) is 11.8. The monoisotopic (exact) mass is 260 g/mol. The van der Waals surface area contributed by atoms with Gasteiger partial charge in [-0.15, -0.1) is 0 Å². The van der Waals surface area contributed by atoms with Gasteiger partial charge in [0.05, 0.1) is 11.9 Å². The van der Waals surface area contributed by atoms with Gasteiger partial charge < -0.3 is 5.73 Å². The smallest absolute Gasteiger partial charge is 0.0501 e. The molecule has 3 rings (SSSR count). The molecule has 0 aromatic carbocycles. The maximum absolute atomic E-state index is 5.67. The summed E-state index contributed by atoms with van der Waals surface area (Å²) in [5.74, 6) is 0. The Bertz CT molecular complexity index is 417. The van der Waals surface area contributed by atoms with Crippen molar-refractivity contribution >= 4 is 5.69 Å². The summed E-state index contributed by atoms with van der Waals surface area (Å²) in [6.45, 7) is 7.24. The molecule has 19 heavy (non-hydrogen) atoms. The maximum atomic E-state index is 5.67. The minimum absolute atomic E-state index is 0.670. The van der Waals surface area contributed by atoms with Crippen LogP contribution in [0.1, 0.15) is 25.5 Å². The Morgan fingerprint density at radius 3 is 3.05 bits per heavy atom. The van der Waals surface area contributed by atoms with E-state index in [-0.39, 0.29) is 0 Å². The van der Waals surface area contributed by atoms with Gasteiger partial charge in [0.2, 0.25) is 0 Å². The first kappa shape index (κ1) is 12.9. The SMILES string of the molecule is CC1CN2CCCC2CN1CCc1ccc(N)cn1. The molecule has 4 heteroatoms. The standard InChI is InChI=1S/C15H24N4/c1-12-10-19-7-2-3-15(19)11-18(12)8-6-14-5-4-13(16)9-17-14/h4-5,9,12,15H,2-3,6-8,10-11,16H2,1H3. The zero-order valence-corrected chi connectivity index (χ0v) is 11.8. The molecule has 2 atom stereocenters. The van der Waals surface area contributed by atoms with Crippen LogP contribution in [-0.4, -0.2) is 53.0 Å². The van der Waals surface area contributed by atoms with Crippen LogP contribution < -0.4 is 5.73 Å². The first-order valence-electron chi connectivity index (χ1n) is 7.41. The highest BCUT2D eigenvalue weighted by Crippen LogP contribution is 2.24. The van der Waals surface area contributed by atoms with E-state index in [1.807, 2.05) is 12.1 Å². The number of rotatable bonds is 3. The van der Waals surface area contributed by atoms with Crippen molar-refractivity contribution in [2.45, 2.75) is 38.3 Å².